The first-order valence-corrected chi connectivity index (χ1v) is 6.08. The van der Waals surface area contributed by atoms with E-state index in [0.717, 1.165) is 31.4 Å². The van der Waals surface area contributed by atoms with Crippen molar-refractivity contribution < 1.29 is 14.6 Å². The van der Waals surface area contributed by atoms with E-state index in [2.05, 4.69) is 4.90 Å². The molecule has 1 spiro atoms. The third-order valence-electron chi connectivity index (χ3n) is 4.76. The maximum absolute atomic E-state index is 11.5. The molecular formula is C12H15NO3. The van der Waals surface area contributed by atoms with Crippen molar-refractivity contribution in [2.45, 2.75) is 49.5 Å². The van der Waals surface area contributed by atoms with Crippen LogP contribution in [0.4, 0.5) is 0 Å². The monoisotopic (exact) mass is 221 g/mol. The van der Waals surface area contributed by atoms with Crippen LogP contribution in [0.25, 0.3) is 0 Å². The number of hydrogen-bond donors (Lipinski definition) is 1. The molecule has 4 heterocycles. The predicted molar refractivity (Wildman–Crippen MR) is 55.7 cm³/mol. The Bertz CT molecular complexity index is 405. The molecule has 4 nitrogen and oxygen atoms in total. The molecule has 4 aliphatic heterocycles. The predicted octanol–water partition coefficient (Wildman–Crippen LogP) is 0.210. The highest BCUT2D eigenvalue weighted by Crippen LogP contribution is 2.53. The number of carbonyl (C=O) groups is 1. The summed E-state index contributed by atoms with van der Waals surface area (Å²) in [6.07, 6.45) is 4.99. The van der Waals surface area contributed by atoms with Crippen LogP contribution in [0, 0.1) is 0 Å². The maximum atomic E-state index is 11.5. The largest absolute Gasteiger partial charge is 0.450 e. The molecule has 5 aliphatic rings. The van der Waals surface area contributed by atoms with E-state index in [9.17, 15) is 9.90 Å². The molecule has 3 saturated heterocycles. The van der Waals surface area contributed by atoms with Crippen LogP contribution in [0.2, 0.25) is 0 Å². The van der Waals surface area contributed by atoms with Crippen molar-refractivity contribution in [3.05, 3.63) is 11.6 Å². The van der Waals surface area contributed by atoms with Crippen LogP contribution in [0.1, 0.15) is 25.7 Å². The molecule has 2 bridgehead atoms. The molecule has 86 valence electrons. The molecule has 0 aromatic rings. The molecule has 16 heavy (non-hydrogen) atoms. The standard InChI is InChI=1S/C12H15NO3/c14-9-6-12-7(5-11(15)16-12)4-8(9)13-3-1-2-10(12)13/h5,8-10,14H,1-4,6H2/t8-,9-,10?,12+/m1/s1. The first-order chi connectivity index (χ1) is 7.71. The number of aliphatic hydroxyl groups is 1. The topological polar surface area (TPSA) is 49.8 Å². The van der Waals surface area contributed by atoms with Gasteiger partial charge in [0, 0.05) is 18.5 Å². The number of ether oxygens (including phenoxy) is 1. The van der Waals surface area contributed by atoms with Crippen molar-refractivity contribution in [3.63, 3.8) is 0 Å². The number of carbonyl (C=O) groups excluding carboxylic acids is 1. The van der Waals surface area contributed by atoms with Gasteiger partial charge in [-0.25, -0.2) is 4.79 Å². The number of esters is 1. The number of aliphatic hydroxyl groups excluding tert-OH is 1. The summed E-state index contributed by atoms with van der Waals surface area (Å²) in [6.45, 7) is 1.04. The Morgan fingerprint density at radius 2 is 2.44 bits per heavy atom. The van der Waals surface area contributed by atoms with Gasteiger partial charge in [0.1, 0.15) is 0 Å². The van der Waals surface area contributed by atoms with Crippen LogP contribution in [0.3, 0.4) is 0 Å². The summed E-state index contributed by atoms with van der Waals surface area (Å²) in [5.74, 6) is -0.211. The average Bonchev–Trinajstić information content (AvgIpc) is 2.79. The van der Waals surface area contributed by atoms with E-state index in [4.69, 9.17) is 4.74 Å². The second-order valence-corrected chi connectivity index (χ2v) is 5.42. The Kier molecular flexibility index (Phi) is 1.54. The average molecular weight is 221 g/mol. The van der Waals surface area contributed by atoms with E-state index in [-0.39, 0.29) is 18.1 Å². The first-order valence-electron chi connectivity index (χ1n) is 6.08. The molecule has 1 aliphatic carbocycles. The Morgan fingerprint density at radius 3 is 3.31 bits per heavy atom. The van der Waals surface area contributed by atoms with Crippen LogP contribution < -0.4 is 0 Å². The van der Waals surface area contributed by atoms with Gasteiger partial charge in [-0.3, -0.25) is 4.90 Å². The fourth-order valence-electron chi connectivity index (χ4n) is 4.19. The summed E-state index contributed by atoms with van der Waals surface area (Å²) in [5.41, 5.74) is 0.665. The van der Waals surface area contributed by atoms with Gasteiger partial charge in [-0.05, 0) is 31.4 Å². The highest BCUT2D eigenvalue weighted by atomic mass is 16.6. The maximum Gasteiger partial charge on any atom is 0.331 e. The molecule has 4 atom stereocenters. The van der Waals surface area contributed by atoms with E-state index in [1.807, 2.05) is 0 Å². The Balaban J connectivity index is 1.86. The van der Waals surface area contributed by atoms with E-state index in [1.165, 1.54) is 0 Å². The second kappa shape index (κ2) is 2.68. The molecule has 4 fully saturated rings. The Hall–Kier alpha value is -0.870. The van der Waals surface area contributed by atoms with E-state index < -0.39 is 5.60 Å². The van der Waals surface area contributed by atoms with Gasteiger partial charge in [0.05, 0.1) is 12.1 Å². The summed E-state index contributed by atoms with van der Waals surface area (Å²) >= 11 is 0. The summed E-state index contributed by atoms with van der Waals surface area (Å²) in [5, 5.41) is 10.1. The lowest BCUT2D eigenvalue weighted by molar-refractivity contribution is -0.176. The van der Waals surface area contributed by atoms with Crippen LogP contribution >= 0.6 is 0 Å². The number of rotatable bonds is 0. The molecule has 5 rings (SSSR count). The van der Waals surface area contributed by atoms with E-state index in [0.29, 0.717) is 12.5 Å². The fourth-order valence-corrected chi connectivity index (χ4v) is 4.19. The third kappa shape index (κ3) is 0.870. The van der Waals surface area contributed by atoms with E-state index >= 15 is 0 Å². The summed E-state index contributed by atoms with van der Waals surface area (Å²) < 4.78 is 5.59. The first kappa shape index (κ1) is 9.19. The molecule has 0 aromatic heterocycles. The molecule has 1 unspecified atom stereocenters. The highest BCUT2D eigenvalue weighted by Gasteiger charge is 2.63. The summed E-state index contributed by atoms with van der Waals surface area (Å²) in [6, 6.07) is 0.544. The van der Waals surface area contributed by atoms with E-state index in [1.54, 1.807) is 6.08 Å². The van der Waals surface area contributed by atoms with Gasteiger partial charge in [0.2, 0.25) is 0 Å². The third-order valence-corrected chi connectivity index (χ3v) is 4.76. The number of hydrogen-bond acceptors (Lipinski definition) is 4. The lowest BCUT2D eigenvalue weighted by Crippen LogP contribution is -2.68. The molecule has 0 radical (unpaired) electrons. The van der Waals surface area contributed by atoms with Crippen molar-refractivity contribution in [3.8, 4) is 0 Å². The molecular weight excluding hydrogens is 206 g/mol. The summed E-state index contributed by atoms with van der Waals surface area (Å²) in [4.78, 5) is 13.9. The van der Waals surface area contributed by atoms with Crippen molar-refractivity contribution >= 4 is 5.97 Å². The zero-order chi connectivity index (χ0) is 10.9. The van der Waals surface area contributed by atoms with Crippen LogP contribution in [0.15, 0.2) is 11.6 Å². The summed E-state index contributed by atoms with van der Waals surface area (Å²) in [7, 11) is 0. The SMILES string of the molecule is O=C1C=C2C[C@@H]3[C@H](O)C[C@@]2(O1)C1CCCN13. The number of fused-ring (bicyclic) bond motifs is 1. The zero-order valence-corrected chi connectivity index (χ0v) is 9.06. The van der Waals surface area contributed by atoms with Gasteiger partial charge >= 0.3 is 5.97 Å². The quantitative estimate of drug-likeness (QED) is 0.594. The van der Waals surface area contributed by atoms with Gasteiger partial charge < -0.3 is 9.84 Å². The van der Waals surface area contributed by atoms with Gasteiger partial charge in [0.25, 0.3) is 0 Å². The van der Waals surface area contributed by atoms with Crippen molar-refractivity contribution in [2.75, 3.05) is 6.54 Å². The molecule has 0 amide bonds. The van der Waals surface area contributed by atoms with Crippen LogP contribution in [-0.4, -0.2) is 46.3 Å². The Labute approximate surface area is 93.9 Å². The molecule has 1 N–H and O–H groups in total. The molecule has 4 heteroatoms. The minimum atomic E-state index is -0.470. The van der Waals surface area contributed by atoms with Crippen LogP contribution in [0.5, 0.6) is 0 Å². The molecule has 0 aromatic carbocycles. The highest BCUT2D eigenvalue weighted by molar-refractivity contribution is 5.87. The lowest BCUT2D eigenvalue weighted by atomic mass is 9.67. The van der Waals surface area contributed by atoms with Crippen molar-refractivity contribution in [1.29, 1.82) is 0 Å². The normalized spacial score (nSPS) is 49.9. The van der Waals surface area contributed by atoms with Crippen molar-refractivity contribution in [2.24, 2.45) is 0 Å². The van der Waals surface area contributed by atoms with Gasteiger partial charge in [0.15, 0.2) is 5.60 Å². The van der Waals surface area contributed by atoms with Gasteiger partial charge in [-0.2, -0.15) is 0 Å². The van der Waals surface area contributed by atoms with Crippen LogP contribution in [-0.2, 0) is 9.53 Å². The minimum Gasteiger partial charge on any atom is -0.450 e. The van der Waals surface area contributed by atoms with Gasteiger partial charge in [-0.15, -0.1) is 0 Å². The fraction of sp³-hybridized carbons (Fsp3) is 0.750. The minimum absolute atomic E-state index is 0.211. The smallest absolute Gasteiger partial charge is 0.331 e. The number of nitrogens with zero attached hydrogens (tertiary/aromatic N) is 1. The molecule has 1 saturated carbocycles. The van der Waals surface area contributed by atoms with Crippen molar-refractivity contribution in [1.82, 2.24) is 4.90 Å². The second-order valence-electron chi connectivity index (χ2n) is 5.42. The van der Waals surface area contributed by atoms with Gasteiger partial charge in [-0.1, -0.05) is 0 Å². The lowest BCUT2D eigenvalue weighted by Gasteiger charge is -2.56. The Morgan fingerprint density at radius 1 is 1.56 bits per heavy atom. The zero-order valence-electron chi connectivity index (χ0n) is 9.06. The number of piperidine rings is 2.